The largest absolute Gasteiger partial charge is 0.493 e. The third-order valence-corrected chi connectivity index (χ3v) is 6.28. The molecule has 1 heterocycles. The number of halogens is 2. The lowest BCUT2D eigenvalue weighted by Crippen LogP contribution is -2.31. The van der Waals surface area contributed by atoms with Crippen molar-refractivity contribution in [2.45, 2.75) is 4.90 Å². The van der Waals surface area contributed by atoms with Crippen LogP contribution in [0.5, 0.6) is 5.88 Å². The molecule has 158 valence electrons. The number of benzene rings is 3. The number of thioether (sulfide) groups is 1. The number of rotatable bonds is 4. The van der Waals surface area contributed by atoms with E-state index in [1.54, 1.807) is 24.3 Å². The highest BCUT2D eigenvalue weighted by Crippen LogP contribution is 2.39. The third-order valence-electron chi connectivity index (χ3n) is 4.64. The van der Waals surface area contributed by atoms with Gasteiger partial charge in [0.1, 0.15) is 11.0 Å². The number of fused-ring (bicyclic) bond motifs is 1. The van der Waals surface area contributed by atoms with Crippen molar-refractivity contribution in [2.24, 2.45) is 4.99 Å². The molecule has 0 bridgehead atoms. The maximum atomic E-state index is 12.6. The van der Waals surface area contributed by atoms with E-state index in [-0.39, 0.29) is 21.3 Å². The average molecular weight is 483 g/mol. The molecule has 4 rings (SSSR count). The first kappa shape index (κ1) is 21.7. The zero-order valence-corrected chi connectivity index (χ0v) is 18.4. The van der Waals surface area contributed by atoms with Crippen molar-refractivity contribution in [1.82, 2.24) is 9.55 Å². The minimum Gasteiger partial charge on any atom is -0.493 e. The van der Waals surface area contributed by atoms with Crippen molar-refractivity contribution in [3.63, 3.8) is 0 Å². The number of aromatic amines is 1. The van der Waals surface area contributed by atoms with Gasteiger partial charge in [-0.15, -0.1) is 0 Å². The van der Waals surface area contributed by atoms with Gasteiger partial charge in [0.25, 0.3) is 5.56 Å². The molecule has 3 aromatic carbocycles. The van der Waals surface area contributed by atoms with Gasteiger partial charge in [-0.25, -0.2) is 9.36 Å². The summed E-state index contributed by atoms with van der Waals surface area (Å²) in [7, 11) is 0. The number of nitrogens with zero attached hydrogens (tertiary/aromatic N) is 3. The van der Waals surface area contributed by atoms with Gasteiger partial charge in [0.2, 0.25) is 5.88 Å². The molecule has 2 N–H and O–H groups in total. The molecule has 0 saturated heterocycles. The van der Waals surface area contributed by atoms with Gasteiger partial charge in [-0.1, -0.05) is 59.6 Å². The Bertz CT molecular complexity index is 1550. The minimum atomic E-state index is -0.813. The van der Waals surface area contributed by atoms with Gasteiger partial charge in [0.15, 0.2) is 0 Å². The molecular weight excluding hydrogens is 471 g/mol. The van der Waals surface area contributed by atoms with Gasteiger partial charge in [-0.2, -0.15) is 5.26 Å². The highest BCUT2D eigenvalue weighted by atomic mass is 35.5. The summed E-state index contributed by atoms with van der Waals surface area (Å²) >= 11 is 13.2. The second-order valence-electron chi connectivity index (χ2n) is 6.49. The fourth-order valence-electron chi connectivity index (χ4n) is 3.17. The molecule has 7 nitrogen and oxygen atoms in total. The lowest BCUT2D eigenvalue weighted by atomic mass is 10.1. The molecule has 4 aromatic rings. The Labute approximate surface area is 195 Å². The van der Waals surface area contributed by atoms with Gasteiger partial charge in [0, 0.05) is 16.5 Å². The third kappa shape index (κ3) is 3.89. The molecule has 1 aromatic heterocycles. The molecule has 32 heavy (non-hydrogen) atoms. The van der Waals surface area contributed by atoms with E-state index in [0.717, 1.165) is 27.9 Å². The summed E-state index contributed by atoms with van der Waals surface area (Å²) in [6.45, 7) is 0. The monoisotopic (exact) mass is 482 g/mol. The van der Waals surface area contributed by atoms with Crippen LogP contribution in [0.2, 0.25) is 10.0 Å². The smallest absolute Gasteiger partial charge is 0.335 e. The predicted octanol–water partition coefficient (Wildman–Crippen LogP) is 5.02. The number of aromatic nitrogens is 2. The predicted molar refractivity (Wildman–Crippen MR) is 127 cm³/mol. The van der Waals surface area contributed by atoms with Crippen LogP contribution in [0, 0.1) is 10.7 Å². The molecule has 0 unspecified atom stereocenters. The van der Waals surface area contributed by atoms with Gasteiger partial charge >= 0.3 is 5.69 Å². The van der Waals surface area contributed by atoms with E-state index in [2.05, 4.69) is 9.98 Å². The van der Waals surface area contributed by atoms with Crippen LogP contribution in [-0.2, 0) is 0 Å². The van der Waals surface area contributed by atoms with Crippen LogP contribution in [0.3, 0.4) is 0 Å². The van der Waals surface area contributed by atoms with Crippen molar-refractivity contribution >= 4 is 57.6 Å². The van der Waals surface area contributed by atoms with Crippen molar-refractivity contribution in [2.75, 3.05) is 0 Å². The first-order valence-corrected chi connectivity index (χ1v) is 10.6. The fraction of sp³-hybridized carbons (Fsp3) is 0. The summed E-state index contributed by atoms with van der Waals surface area (Å²) in [6.07, 6.45) is 1.10. The lowest BCUT2D eigenvalue weighted by Gasteiger charge is -2.12. The van der Waals surface area contributed by atoms with Gasteiger partial charge < -0.3 is 5.11 Å². The molecule has 0 aliphatic carbocycles. The summed E-state index contributed by atoms with van der Waals surface area (Å²) < 4.78 is 1.01. The number of H-pyrrole nitrogens is 1. The molecular formula is C22H12Cl2N4O3S. The van der Waals surface area contributed by atoms with E-state index in [1.165, 1.54) is 6.07 Å². The number of hydrogen-bond acceptors (Lipinski definition) is 6. The number of aliphatic imine (C=N–C) groups is 1. The minimum absolute atomic E-state index is 0.0847. The quantitative estimate of drug-likeness (QED) is 0.241. The first-order valence-electron chi connectivity index (χ1n) is 9.07. The van der Waals surface area contributed by atoms with E-state index in [1.807, 2.05) is 29.7 Å². The zero-order valence-electron chi connectivity index (χ0n) is 16.0. The van der Waals surface area contributed by atoms with Crippen molar-refractivity contribution in [3.8, 4) is 17.0 Å². The van der Waals surface area contributed by atoms with E-state index < -0.39 is 17.1 Å². The number of nitrogens with one attached hydrogen (secondary N) is 1. The summed E-state index contributed by atoms with van der Waals surface area (Å²) in [4.78, 5) is 31.8. The van der Waals surface area contributed by atoms with Gasteiger partial charge in [-0.05, 0) is 35.3 Å². The van der Waals surface area contributed by atoms with Crippen LogP contribution in [-0.4, -0.2) is 20.9 Å². The number of hydrogen-bond donors (Lipinski definition) is 2. The average Bonchev–Trinajstić information content (AvgIpc) is 2.78. The first-order chi connectivity index (χ1) is 15.4. The molecule has 0 aliphatic rings. The Balaban J connectivity index is 1.86. The van der Waals surface area contributed by atoms with E-state index in [9.17, 15) is 14.7 Å². The van der Waals surface area contributed by atoms with Crippen LogP contribution >= 0.6 is 35.0 Å². The van der Waals surface area contributed by atoms with Gasteiger partial charge in [0.05, 0.1) is 21.4 Å². The highest BCUT2D eigenvalue weighted by Gasteiger charge is 2.16. The Morgan fingerprint density at radius 1 is 1.06 bits per heavy atom. The molecule has 0 spiro atoms. The molecule has 0 saturated carbocycles. The van der Waals surface area contributed by atoms with Crippen molar-refractivity contribution < 1.29 is 5.11 Å². The molecule has 0 aliphatic heterocycles. The standard InChI is InChI=1S/C22H12Cl2N4O3S/c23-18-15(8-9-17(19(18)24)32-11-25)26-10-14-20(29)27-22(31)28(21(14)30)16-7-3-5-12-4-1-2-6-13(12)16/h1-10,30H,(H,27,29,31). The Morgan fingerprint density at radius 2 is 1.81 bits per heavy atom. The maximum absolute atomic E-state index is 12.6. The van der Waals surface area contributed by atoms with E-state index in [4.69, 9.17) is 28.5 Å². The second-order valence-corrected chi connectivity index (χ2v) is 8.08. The van der Waals surface area contributed by atoms with Crippen LogP contribution in [0.15, 0.2) is 74.1 Å². The fourth-order valence-corrected chi connectivity index (χ4v) is 4.14. The molecule has 0 fully saturated rings. The van der Waals surface area contributed by atoms with Crippen LogP contribution in [0.4, 0.5) is 5.69 Å². The van der Waals surface area contributed by atoms with E-state index >= 15 is 0 Å². The van der Waals surface area contributed by atoms with E-state index in [0.29, 0.717) is 16.0 Å². The summed E-state index contributed by atoms with van der Waals surface area (Å²) in [6, 6.07) is 15.7. The van der Waals surface area contributed by atoms with Crippen molar-refractivity contribution in [3.05, 3.63) is 91.0 Å². The molecule has 0 atom stereocenters. The molecule has 0 radical (unpaired) electrons. The second kappa shape index (κ2) is 8.93. The summed E-state index contributed by atoms with van der Waals surface area (Å²) in [5.41, 5.74) is -1.22. The summed E-state index contributed by atoms with van der Waals surface area (Å²) in [5.74, 6) is -0.572. The van der Waals surface area contributed by atoms with Crippen molar-refractivity contribution in [1.29, 1.82) is 5.26 Å². The Morgan fingerprint density at radius 3 is 2.59 bits per heavy atom. The number of thiocyanates is 1. The summed E-state index contributed by atoms with van der Waals surface area (Å²) in [5, 5.41) is 23.4. The van der Waals surface area contributed by atoms with Gasteiger partial charge in [-0.3, -0.25) is 14.8 Å². The molecule has 10 heteroatoms. The van der Waals surface area contributed by atoms with Crippen LogP contribution in [0.1, 0.15) is 5.56 Å². The maximum Gasteiger partial charge on any atom is 0.335 e. The zero-order chi connectivity index (χ0) is 22.8. The van der Waals surface area contributed by atoms with Crippen LogP contribution in [0.25, 0.3) is 16.5 Å². The van der Waals surface area contributed by atoms with Crippen LogP contribution < -0.4 is 11.2 Å². The molecule has 0 amide bonds. The number of nitriles is 1. The number of aromatic hydroxyl groups is 1. The highest BCUT2D eigenvalue weighted by molar-refractivity contribution is 8.03. The SMILES string of the molecule is N#CSc1ccc(N=Cc2c(O)n(-c3cccc4ccccc34)c(=O)[nH]c2=O)c(Cl)c1Cl. The lowest BCUT2D eigenvalue weighted by molar-refractivity contribution is 0.430. The normalized spacial score (nSPS) is 11.2. The Hall–Kier alpha value is -3.51. The Kier molecular flexibility index (Phi) is 6.06. The topological polar surface area (TPSA) is 111 Å².